The zero-order valence-electron chi connectivity index (χ0n) is 11.6. The van der Waals surface area contributed by atoms with E-state index < -0.39 is 0 Å². The van der Waals surface area contributed by atoms with Crippen molar-refractivity contribution in [2.45, 2.75) is 13.5 Å². The Balaban J connectivity index is 2.21. The predicted octanol–water partition coefficient (Wildman–Crippen LogP) is 3.68. The van der Waals surface area contributed by atoms with E-state index in [1.807, 2.05) is 19.1 Å². The van der Waals surface area contributed by atoms with E-state index in [1.54, 1.807) is 12.1 Å². The number of aryl methyl sites for hydroxylation is 1. The predicted molar refractivity (Wildman–Crippen MR) is 82.9 cm³/mol. The van der Waals surface area contributed by atoms with E-state index in [0.29, 0.717) is 16.3 Å². The Labute approximate surface area is 128 Å². The summed E-state index contributed by atoms with van der Waals surface area (Å²) in [4.78, 5) is 0. The van der Waals surface area contributed by atoms with Gasteiger partial charge in [-0.3, -0.25) is 0 Å². The third-order valence-corrected chi connectivity index (χ3v) is 3.18. The Hall–Kier alpha value is -2.02. The summed E-state index contributed by atoms with van der Waals surface area (Å²) < 4.78 is 19.0. The number of hydrogen-bond acceptors (Lipinski definition) is 2. The molecule has 0 saturated heterocycles. The van der Waals surface area contributed by atoms with Crippen LogP contribution in [0.15, 0.2) is 36.4 Å². The average molecular weight is 304 g/mol. The van der Waals surface area contributed by atoms with Gasteiger partial charge in [0, 0.05) is 11.1 Å². The molecule has 21 heavy (non-hydrogen) atoms. The summed E-state index contributed by atoms with van der Waals surface area (Å²) in [6.45, 7) is 2.44. The number of halogens is 2. The molecule has 2 nitrogen and oxygen atoms in total. The summed E-state index contributed by atoms with van der Waals surface area (Å²) in [6, 6.07) is 9.96. The fraction of sp³-hybridized carbons (Fsp3) is 0.176. The molecule has 0 spiro atoms. The lowest BCUT2D eigenvalue weighted by Gasteiger charge is -2.10. The van der Waals surface area contributed by atoms with E-state index in [9.17, 15) is 4.39 Å². The van der Waals surface area contributed by atoms with Crippen molar-refractivity contribution in [2.75, 3.05) is 6.54 Å². The zero-order chi connectivity index (χ0) is 15.2. The molecule has 2 N–H and O–H groups in total. The van der Waals surface area contributed by atoms with Crippen molar-refractivity contribution in [3.63, 3.8) is 0 Å². The molecule has 0 aliphatic carbocycles. The van der Waals surface area contributed by atoms with Gasteiger partial charge in [0.05, 0.1) is 11.6 Å². The normalized spacial score (nSPS) is 9.90. The number of benzene rings is 2. The van der Waals surface area contributed by atoms with Crippen LogP contribution >= 0.6 is 11.6 Å². The van der Waals surface area contributed by atoms with Crippen LogP contribution in [0.25, 0.3) is 0 Å². The lowest BCUT2D eigenvalue weighted by Crippen LogP contribution is -2.00. The van der Waals surface area contributed by atoms with Gasteiger partial charge in [0.1, 0.15) is 18.2 Å². The first-order valence-electron chi connectivity index (χ1n) is 6.46. The lowest BCUT2D eigenvalue weighted by atomic mass is 10.1. The molecule has 2 aromatic carbocycles. The maximum absolute atomic E-state index is 13.3. The summed E-state index contributed by atoms with van der Waals surface area (Å²) in [5.41, 5.74) is 7.76. The van der Waals surface area contributed by atoms with E-state index in [2.05, 4.69) is 11.8 Å². The van der Waals surface area contributed by atoms with Gasteiger partial charge in [0.2, 0.25) is 0 Å². The maximum atomic E-state index is 13.3. The minimum Gasteiger partial charge on any atom is -0.487 e. The van der Waals surface area contributed by atoms with Gasteiger partial charge in [-0.2, -0.15) is 0 Å². The Kier molecular flexibility index (Phi) is 5.21. The number of nitrogens with two attached hydrogens (primary N) is 1. The molecule has 0 aromatic heterocycles. The highest BCUT2D eigenvalue weighted by molar-refractivity contribution is 6.32. The van der Waals surface area contributed by atoms with Crippen molar-refractivity contribution in [1.82, 2.24) is 0 Å². The number of ether oxygens (including phenoxy) is 1. The quantitative estimate of drug-likeness (QED) is 0.878. The largest absolute Gasteiger partial charge is 0.487 e. The van der Waals surface area contributed by atoms with Crippen molar-refractivity contribution < 1.29 is 9.13 Å². The topological polar surface area (TPSA) is 35.2 Å². The van der Waals surface area contributed by atoms with Gasteiger partial charge in [-0.05, 0) is 36.8 Å². The fourth-order valence-corrected chi connectivity index (χ4v) is 1.99. The van der Waals surface area contributed by atoms with Crippen LogP contribution in [0.3, 0.4) is 0 Å². The molecular formula is C17H15ClFNO. The minimum atomic E-state index is -0.339. The smallest absolute Gasteiger partial charge is 0.138 e. The van der Waals surface area contributed by atoms with Crippen molar-refractivity contribution in [2.24, 2.45) is 5.73 Å². The molecule has 2 aromatic rings. The molecule has 0 atom stereocenters. The first-order chi connectivity index (χ1) is 10.1. The molecule has 108 valence electrons. The van der Waals surface area contributed by atoms with Gasteiger partial charge in [0.25, 0.3) is 0 Å². The molecule has 0 unspecified atom stereocenters. The third-order valence-electron chi connectivity index (χ3n) is 2.87. The highest BCUT2D eigenvalue weighted by atomic mass is 35.5. The molecule has 0 fully saturated rings. The van der Waals surface area contributed by atoms with Crippen molar-refractivity contribution in [3.05, 3.63) is 63.9 Å². The standard InChI is InChI=1S/C17H15ClFNO/c1-12-4-7-16(18)17(9-12)21-11-14-5-6-15(19)10-13(14)3-2-8-20/h4-7,9-10H,8,11,20H2,1H3. The Bertz CT molecular complexity index is 704. The SMILES string of the molecule is Cc1ccc(Cl)c(OCc2ccc(F)cc2C#CCN)c1. The van der Waals surface area contributed by atoms with E-state index in [1.165, 1.54) is 12.1 Å². The van der Waals surface area contributed by atoms with Crippen LogP contribution in [-0.2, 0) is 6.61 Å². The van der Waals surface area contributed by atoms with Crippen LogP contribution in [0.1, 0.15) is 16.7 Å². The summed E-state index contributed by atoms with van der Waals surface area (Å²) in [7, 11) is 0. The second-order valence-corrected chi connectivity index (χ2v) is 4.94. The second kappa shape index (κ2) is 7.12. The molecule has 0 bridgehead atoms. The van der Waals surface area contributed by atoms with Crippen LogP contribution in [0.5, 0.6) is 5.75 Å². The zero-order valence-corrected chi connectivity index (χ0v) is 12.4. The minimum absolute atomic E-state index is 0.223. The summed E-state index contributed by atoms with van der Waals surface area (Å²) in [6.07, 6.45) is 0. The lowest BCUT2D eigenvalue weighted by molar-refractivity contribution is 0.306. The van der Waals surface area contributed by atoms with Crippen LogP contribution in [0.4, 0.5) is 4.39 Å². The van der Waals surface area contributed by atoms with Crippen LogP contribution in [-0.4, -0.2) is 6.54 Å². The fourth-order valence-electron chi connectivity index (χ4n) is 1.81. The van der Waals surface area contributed by atoms with Crippen molar-refractivity contribution >= 4 is 11.6 Å². The average Bonchev–Trinajstić information content (AvgIpc) is 2.47. The maximum Gasteiger partial charge on any atom is 0.138 e. The van der Waals surface area contributed by atoms with E-state index in [0.717, 1.165) is 11.1 Å². The Morgan fingerprint density at radius 1 is 1.24 bits per heavy atom. The molecule has 0 heterocycles. The van der Waals surface area contributed by atoms with Crippen molar-refractivity contribution in [3.8, 4) is 17.6 Å². The van der Waals surface area contributed by atoms with Gasteiger partial charge >= 0.3 is 0 Å². The molecule has 0 aliphatic heterocycles. The van der Waals surface area contributed by atoms with E-state index in [-0.39, 0.29) is 19.0 Å². The third kappa shape index (κ3) is 4.22. The number of hydrogen-bond donors (Lipinski definition) is 1. The molecule has 0 saturated carbocycles. The first-order valence-corrected chi connectivity index (χ1v) is 6.84. The van der Waals surface area contributed by atoms with Gasteiger partial charge in [-0.25, -0.2) is 4.39 Å². The van der Waals surface area contributed by atoms with Gasteiger partial charge in [-0.1, -0.05) is 35.6 Å². The first kappa shape index (κ1) is 15.4. The Morgan fingerprint density at radius 3 is 2.81 bits per heavy atom. The van der Waals surface area contributed by atoms with E-state index >= 15 is 0 Å². The Morgan fingerprint density at radius 2 is 2.05 bits per heavy atom. The molecule has 0 amide bonds. The van der Waals surface area contributed by atoms with Gasteiger partial charge < -0.3 is 10.5 Å². The van der Waals surface area contributed by atoms with Crippen LogP contribution in [0.2, 0.25) is 5.02 Å². The highest BCUT2D eigenvalue weighted by Crippen LogP contribution is 2.26. The molecule has 2 rings (SSSR count). The molecule has 4 heteroatoms. The van der Waals surface area contributed by atoms with Crippen LogP contribution < -0.4 is 10.5 Å². The van der Waals surface area contributed by atoms with Gasteiger partial charge in [0.15, 0.2) is 0 Å². The van der Waals surface area contributed by atoms with Crippen molar-refractivity contribution in [1.29, 1.82) is 0 Å². The second-order valence-electron chi connectivity index (χ2n) is 4.53. The van der Waals surface area contributed by atoms with Crippen LogP contribution in [0, 0.1) is 24.6 Å². The molecule has 0 radical (unpaired) electrons. The molecular weight excluding hydrogens is 289 g/mol. The highest BCUT2D eigenvalue weighted by Gasteiger charge is 2.06. The monoisotopic (exact) mass is 303 g/mol. The van der Waals surface area contributed by atoms with Gasteiger partial charge in [-0.15, -0.1) is 0 Å². The summed E-state index contributed by atoms with van der Waals surface area (Å²) in [5.74, 6) is 5.83. The summed E-state index contributed by atoms with van der Waals surface area (Å²) in [5, 5.41) is 0.539. The molecule has 0 aliphatic rings. The number of rotatable bonds is 3. The van der Waals surface area contributed by atoms with E-state index in [4.69, 9.17) is 22.1 Å². The summed E-state index contributed by atoms with van der Waals surface area (Å²) >= 11 is 6.08.